The monoisotopic (exact) mass is 688 g/mol. The third-order valence-electron chi connectivity index (χ3n) is 7.72. The largest absolute Gasteiger partial charge is 0.497 e. The van der Waals surface area contributed by atoms with E-state index >= 15 is 4.39 Å². The van der Waals surface area contributed by atoms with Crippen LogP contribution in [0.2, 0.25) is 0 Å². The van der Waals surface area contributed by atoms with Gasteiger partial charge in [0.2, 0.25) is 0 Å². The summed E-state index contributed by atoms with van der Waals surface area (Å²) in [5, 5.41) is 0.397. The fourth-order valence-corrected chi connectivity index (χ4v) is 6.36. The van der Waals surface area contributed by atoms with Gasteiger partial charge in [0, 0.05) is 30.2 Å². The molecule has 11 nitrogen and oxygen atoms in total. The number of aromatic nitrogens is 2. The highest BCUT2D eigenvalue weighted by Crippen LogP contribution is 2.28. The molecule has 0 fully saturated rings. The van der Waals surface area contributed by atoms with Crippen LogP contribution in [0.4, 0.5) is 4.39 Å². The summed E-state index contributed by atoms with van der Waals surface area (Å²) in [6, 6.07) is 20.9. The van der Waals surface area contributed by atoms with Gasteiger partial charge in [-0.25, -0.2) is 14.7 Å². The summed E-state index contributed by atoms with van der Waals surface area (Å²) in [6.45, 7) is 3.54. The van der Waals surface area contributed by atoms with E-state index in [1.807, 2.05) is 19.1 Å². The second kappa shape index (κ2) is 17.1. The topological polar surface area (TPSA) is 130 Å². The summed E-state index contributed by atoms with van der Waals surface area (Å²) in [4.78, 5) is 57.4. The van der Waals surface area contributed by atoms with Gasteiger partial charge >= 0.3 is 12.2 Å². The van der Waals surface area contributed by atoms with Crippen molar-refractivity contribution in [3.05, 3.63) is 121 Å². The second-order valence-electron chi connectivity index (χ2n) is 10.5. The average Bonchev–Trinajstić information content (AvgIpc) is 3.57. The first kappa shape index (κ1) is 36.4. The van der Waals surface area contributed by atoms with E-state index in [0.717, 1.165) is 21.3 Å². The van der Waals surface area contributed by atoms with Crippen LogP contribution in [0.15, 0.2) is 87.4 Å². The molecule has 1 unspecified atom stereocenters. The molecule has 5 aromatic rings. The molecule has 1 atom stereocenters. The maximum Gasteiger partial charge on any atom is 0.332 e. The molecule has 0 saturated heterocycles. The number of methoxy groups -OCH3 is 2. The fourth-order valence-electron chi connectivity index (χ4n) is 5.28. The van der Waals surface area contributed by atoms with Gasteiger partial charge in [0.1, 0.15) is 28.8 Å². The number of halogens is 1. The predicted molar refractivity (Wildman–Crippen MR) is 188 cm³/mol. The second-order valence-corrected chi connectivity index (χ2v) is 11.7. The van der Waals surface area contributed by atoms with Crippen molar-refractivity contribution < 1.29 is 28.3 Å². The van der Waals surface area contributed by atoms with Gasteiger partial charge in [0.25, 0.3) is 5.56 Å². The smallest absolute Gasteiger partial charge is 0.332 e. The van der Waals surface area contributed by atoms with Gasteiger partial charge < -0.3 is 19.1 Å². The Morgan fingerprint density at radius 3 is 2.35 bits per heavy atom. The molecule has 256 valence electrons. The summed E-state index contributed by atoms with van der Waals surface area (Å²) in [5.41, 5.74) is 4.35. The molecular formula is C36H37FN4O7S. The van der Waals surface area contributed by atoms with Gasteiger partial charge in [-0.2, -0.15) is 0 Å². The summed E-state index contributed by atoms with van der Waals surface area (Å²) < 4.78 is 29.4. The van der Waals surface area contributed by atoms with Crippen molar-refractivity contribution >= 4 is 40.1 Å². The van der Waals surface area contributed by atoms with E-state index in [2.05, 4.69) is 15.3 Å². The normalized spacial score (nSPS) is 11.8. The number of hydroxylamine groups is 1. The Bertz CT molecular complexity index is 2070. The van der Waals surface area contributed by atoms with Crippen molar-refractivity contribution in [2.75, 3.05) is 21.3 Å². The number of benzene rings is 3. The van der Waals surface area contributed by atoms with Crippen LogP contribution in [0.1, 0.15) is 41.5 Å². The maximum absolute atomic E-state index is 15.8. The van der Waals surface area contributed by atoms with E-state index < -0.39 is 23.2 Å². The number of amidine groups is 1. The lowest BCUT2D eigenvalue weighted by molar-refractivity contribution is -0.132. The third kappa shape index (κ3) is 8.19. The maximum atomic E-state index is 15.8. The molecule has 13 heteroatoms. The minimum Gasteiger partial charge on any atom is -0.497 e. The highest BCUT2D eigenvalue weighted by molar-refractivity contribution is 7.18. The number of rotatable bonds is 12. The van der Waals surface area contributed by atoms with Crippen LogP contribution >= 0.6 is 11.3 Å². The third-order valence-corrected chi connectivity index (χ3v) is 9.02. The Labute approximate surface area is 286 Å². The lowest BCUT2D eigenvalue weighted by Crippen LogP contribution is -2.41. The van der Waals surface area contributed by atoms with Gasteiger partial charge in [-0.3, -0.25) is 23.7 Å². The molecule has 3 aromatic carbocycles. The van der Waals surface area contributed by atoms with Crippen LogP contribution in [0.25, 0.3) is 21.3 Å². The molecule has 0 aliphatic carbocycles. The molecule has 0 aliphatic rings. The SMILES string of the molecule is CC=O.CCc1cc2c(=O)n(CC(OC)c3ccc(OC)cc3)c(=O)n(Cc3ccc(-c4ccccc4C(=NC)NOC=O)cc3F)c2s1. The molecule has 0 aliphatic heterocycles. The molecule has 2 heterocycles. The summed E-state index contributed by atoms with van der Waals surface area (Å²) >= 11 is 1.35. The standard InChI is InChI=1S/C34H33FN4O6S.C2H4O/c1-5-25-17-28-32(41)38(19-30(44-4)21-12-14-24(43-3)15-13-21)34(42)39(33(28)46-25)18-23-11-10-22(16-29(23)35)26-8-6-7-9-27(26)31(36-2)37-45-20-40;1-2-3/h6-17,20,30H,5,18-19H2,1-4H3,(H,36,37);2H,1H3. The first-order valence-electron chi connectivity index (χ1n) is 15.3. The number of carbonyl (C=O) groups excluding carboxylic acids is 2. The molecule has 0 bridgehead atoms. The van der Waals surface area contributed by atoms with Crippen LogP contribution in [-0.2, 0) is 38.7 Å². The number of hydrogen-bond acceptors (Lipinski definition) is 9. The van der Waals surface area contributed by atoms with E-state index in [4.69, 9.17) is 14.3 Å². The van der Waals surface area contributed by atoms with Crippen LogP contribution in [0, 0.1) is 5.82 Å². The van der Waals surface area contributed by atoms with E-state index in [0.29, 0.717) is 39.1 Å². The zero-order valence-corrected chi connectivity index (χ0v) is 28.6. The van der Waals surface area contributed by atoms with Crippen molar-refractivity contribution in [2.24, 2.45) is 4.99 Å². The van der Waals surface area contributed by atoms with Crippen LogP contribution < -0.4 is 21.5 Å². The number of nitrogens with one attached hydrogen (secondary N) is 1. The number of aldehydes is 1. The van der Waals surface area contributed by atoms with E-state index in [-0.39, 0.29) is 31.0 Å². The number of fused-ring (bicyclic) bond motifs is 1. The molecule has 2 aromatic heterocycles. The number of thiophene rings is 1. The Hall–Kier alpha value is -5.40. The zero-order valence-electron chi connectivity index (χ0n) is 27.8. The lowest BCUT2D eigenvalue weighted by Gasteiger charge is -2.19. The minimum absolute atomic E-state index is 0.0326. The number of carbonyl (C=O) groups is 2. The number of hydrogen-bond donors (Lipinski definition) is 1. The van der Waals surface area contributed by atoms with E-state index in [9.17, 15) is 14.4 Å². The average molecular weight is 689 g/mol. The van der Waals surface area contributed by atoms with Crippen molar-refractivity contribution in [1.29, 1.82) is 0 Å². The molecule has 0 amide bonds. The highest BCUT2D eigenvalue weighted by Gasteiger charge is 2.21. The van der Waals surface area contributed by atoms with Crippen LogP contribution in [0.5, 0.6) is 5.75 Å². The number of nitrogens with zero attached hydrogens (tertiary/aromatic N) is 3. The van der Waals surface area contributed by atoms with Crippen LogP contribution in [0.3, 0.4) is 0 Å². The van der Waals surface area contributed by atoms with Crippen molar-refractivity contribution in [3.63, 3.8) is 0 Å². The number of ether oxygens (including phenoxy) is 2. The Balaban J connectivity index is 0.00000174. The first-order chi connectivity index (χ1) is 23.7. The Morgan fingerprint density at radius 2 is 1.73 bits per heavy atom. The quantitative estimate of drug-likeness (QED) is 0.0810. The van der Waals surface area contributed by atoms with Crippen molar-refractivity contribution in [3.8, 4) is 16.9 Å². The van der Waals surface area contributed by atoms with Gasteiger partial charge in [-0.05, 0) is 54.3 Å². The molecule has 49 heavy (non-hydrogen) atoms. The van der Waals surface area contributed by atoms with Gasteiger partial charge in [-0.15, -0.1) is 11.3 Å². The van der Waals surface area contributed by atoms with E-state index in [1.54, 1.807) is 61.7 Å². The number of aryl methyl sites for hydroxylation is 1. The van der Waals surface area contributed by atoms with Crippen molar-refractivity contribution in [2.45, 2.75) is 39.5 Å². The Kier molecular flexibility index (Phi) is 12.7. The molecule has 1 N–H and O–H groups in total. The van der Waals surface area contributed by atoms with Crippen molar-refractivity contribution in [1.82, 2.24) is 14.6 Å². The minimum atomic E-state index is -0.592. The summed E-state index contributed by atoms with van der Waals surface area (Å²) in [7, 11) is 4.63. The first-order valence-corrected chi connectivity index (χ1v) is 16.1. The highest BCUT2D eigenvalue weighted by atomic mass is 32.1. The molecule has 0 radical (unpaired) electrons. The molecule has 0 saturated carbocycles. The molecular weight excluding hydrogens is 651 g/mol. The van der Waals surface area contributed by atoms with Gasteiger partial charge in [0.05, 0.1) is 25.6 Å². The van der Waals surface area contributed by atoms with Crippen LogP contribution in [-0.4, -0.2) is 49.0 Å². The lowest BCUT2D eigenvalue weighted by atomic mass is 9.97. The molecule has 0 spiro atoms. The van der Waals surface area contributed by atoms with Gasteiger partial charge in [-0.1, -0.05) is 55.5 Å². The van der Waals surface area contributed by atoms with E-state index in [1.165, 1.54) is 43.1 Å². The zero-order chi connectivity index (χ0) is 35.5. The number of aliphatic imine (C=N–C) groups is 1. The summed E-state index contributed by atoms with van der Waals surface area (Å²) in [6.07, 6.45) is 0.836. The van der Waals surface area contributed by atoms with Gasteiger partial charge in [0.15, 0.2) is 5.84 Å². The summed E-state index contributed by atoms with van der Waals surface area (Å²) in [5.74, 6) is 0.429. The molecule has 5 rings (SSSR count). The predicted octanol–water partition coefficient (Wildman–Crippen LogP) is 5.30. The fraction of sp³-hybridized carbons (Fsp3) is 0.250. The Morgan fingerprint density at radius 1 is 1.02 bits per heavy atom.